The first-order valence-corrected chi connectivity index (χ1v) is 13.3. The molecule has 2 aliphatic rings. The molecule has 0 radical (unpaired) electrons. The van der Waals surface area contributed by atoms with Gasteiger partial charge in [-0.3, -0.25) is 4.79 Å². The number of amides is 1. The van der Waals surface area contributed by atoms with E-state index in [1.807, 2.05) is 32.0 Å². The van der Waals surface area contributed by atoms with Crippen molar-refractivity contribution in [1.29, 1.82) is 0 Å². The van der Waals surface area contributed by atoms with Crippen molar-refractivity contribution in [2.24, 2.45) is 0 Å². The summed E-state index contributed by atoms with van der Waals surface area (Å²) in [4.78, 5) is 20.0. The molecule has 0 aliphatic carbocycles. The number of morpholine rings is 1. The zero-order valence-electron chi connectivity index (χ0n) is 19.0. The van der Waals surface area contributed by atoms with Crippen molar-refractivity contribution in [2.75, 3.05) is 39.3 Å². The highest BCUT2D eigenvalue weighted by molar-refractivity contribution is 7.98. The Morgan fingerprint density at radius 2 is 1.76 bits per heavy atom. The highest BCUT2D eigenvalue weighted by Gasteiger charge is 2.37. The summed E-state index contributed by atoms with van der Waals surface area (Å²) in [5.41, 5.74) is 0.589. The van der Waals surface area contributed by atoms with Crippen LogP contribution in [0.3, 0.4) is 0 Å². The van der Waals surface area contributed by atoms with Gasteiger partial charge in [-0.15, -0.1) is 11.8 Å². The molecule has 2 aliphatic heterocycles. The molecular formula is C21H29N5O5S2. The van der Waals surface area contributed by atoms with Gasteiger partial charge >= 0.3 is 0 Å². The van der Waals surface area contributed by atoms with Gasteiger partial charge in [0.25, 0.3) is 16.1 Å². The highest BCUT2D eigenvalue weighted by Crippen LogP contribution is 2.27. The van der Waals surface area contributed by atoms with Gasteiger partial charge in [0.05, 0.1) is 23.5 Å². The number of hydrogen-bond donors (Lipinski definition) is 0. The maximum atomic E-state index is 13.2. The summed E-state index contributed by atoms with van der Waals surface area (Å²) in [6.45, 7) is 7.43. The molecule has 0 bridgehead atoms. The largest absolute Gasteiger partial charge is 0.373 e. The second-order valence-electron chi connectivity index (χ2n) is 8.29. The van der Waals surface area contributed by atoms with Crippen molar-refractivity contribution in [3.05, 3.63) is 41.5 Å². The Kier molecular flexibility index (Phi) is 7.39. The lowest BCUT2D eigenvalue weighted by Crippen LogP contribution is -2.57. The SMILES string of the molecule is Cc1noc(CSc2ccccc2C(=O)N2CCN(S(=O)(=O)N3CC(C)OC(C)C3)CC2)n1. The summed E-state index contributed by atoms with van der Waals surface area (Å²) < 4.78 is 40.0. The molecule has 2 aromatic rings. The molecule has 0 saturated carbocycles. The second-order valence-corrected chi connectivity index (χ2v) is 11.2. The summed E-state index contributed by atoms with van der Waals surface area (Å²) in [6, 6.07) is 7.40. The molecule has 1 aromatic heterocycles. The molecule has 1 amide bonds. The minimum atomic E-state index is -3.59. The number of carbonyl (C=O) groups excluding carboxylic acids is 1. The lowest BCUT2D eigenvalue weighted by atomic mass is 10.2. The molecule has 12 heteroatoms. The first-order valence-electron chi connectivity index (χ1n) is 10.9. The van der Waals surface area contributed by atoms with E-state index in [-0.39, 0.29) is 31.2 Å². The van der Waals surface area contributed by atoms with E-state index in [9.17, 15) is 13.2 Å². The molecule has 4 rings (SSSR count). The Hall–Kier alpha value is -1.99. The van der Waals surface area contributed by atoms with E-state index in [1.165, 1.54) is 20.4 Å². The van der Waals surface area contributed by atoms with Gasteiger partial charge in [-0.25, -0.2) is 0 Å². The van der Waals surface area contributed by atoms with Crippen LogP contribution in [-0.4, -0.2) is 89.5 Å². The number of rotatable bonds is 6. The average Bonchev–Trinajstić information content (AvgIpc) is 3.22. The first kappa shape index (κ1) is 24.1. The lowest BCUT2D eigenvalue weighted by molar-refractivity contribution is -0.0457. The summed E-state index contributed by atoms with van der Waals surface area (Å²) in [6.07, 6.45) is -0.284. The lowest BCUT2D eigenvalue weighted by Gasteiger charge is -2.40. The van der Waals surface area contributed by atoms with Crippen LogP contribution in [0, 0.1) is 6.92 Å². The molecule has 2 unspecified atom stereocenters. The van der Waals surface area contributed by atoms with Crippen molar-refractivity contribution in [2.45, 2.75) is 43.6 Å². The Bertz CT molecular complexity index is 1070. The molecule has 1 aromatic carbocycles. The number of hydrogen-bond acceptors (Lipinski definition) is 8. The van der Waals surface area contributed by atoms with E-state index in [0.29, 0.717) is 49.2 Å². The van der Waals surface area contributed by atoms with Crippen LogP contribution in [0.2, 0.25) is 0 Å². The highest BCUT2D eigenvalue weighted by atomic mass is 32.2. The molecular weight excluding hydrogens is 466 g/mol. The van der Waals surface area contributed by atoms with Crippen LogP contribution in [0.1, 0.15) is 35.9 Å². The zero-order chi connectivity index (χ0) is 23.6. The zero-order valence-corrected chi connectivity index (χ0v) is 20.6. The normalized spacial score (nSPS) is 23.1. The van der Waals surface area contributed by atoms with Crippen LogP contribution in [0.4, 0.5) is 0 Å². The minimum Gasteiger partial charge on any atom is -0.373 e. The number of piperazine rings is 1. The average molecular weight is 496 g/mol. The van der Waals surface area contributed by atoms with Crippen molar-refractivity contribution in [1.82, 2.24) is 23.7 Å². The van der Waals surface area contributed by atoms with Gasteiger partial charge in [0.1, 0.15) is 0 Å². The maximum absolute atomic E-state index is 13.2. The number of aromatic nitrogens is 2. The quantitative estimate of drug-likeness (QED) is 0.558. The van der Waals surface area contributed by atoms with E-state index in [0.717, 1.165) is 4.90 Å². The van der Waals surface area contributed by atoms with Gasteiger partial charge in [0.2, 0.25) is 5.89 Å². The number of thioether (sulfide) groups is 1. The molecule has 33 heavy (non-hydrogen) atoms. The Morgan fingerprint density at radius 3 is 2.39 bits per heavy atom. The van der Waals surface area contributed by atoms with Crippen LogP contribution in [0.15, 0.2) is 33.7 Å². The second kappa shape index (κ2) is 10.1. The standard InChI is InChI=1S/C21H29N5O5S2/c1-15-12-26(13-16(2)30-15)33(28,29)25-10-8-24(9-11-25)21(27)18-6-4-5-7-19(18)32-14-20-22-17(3)23-31-20/h4-7,15-16H,8-14H2,1-3H3. The molecule has 3 heterocycles. The fourth-order valence-electron chi connectivity index (χ4n) is 4.08. The third-order valence-electron chi connectivity index (χ3n) is 5.60. The number of ether oxygens (including phenoxy) is 1. The molecule has 2 saturated heterocycles. The van der Waals surface area contributed by atoms with Gasteiger partial charge < -0.3 is 14.2 Å². The predicted octanol–water partition coefficient (Wildman–Crippen LogP) is 1.78. The van der Waals surface area contributed by atoms with Crippen LogP contribution in [0.5, 0.6) is 0 Å². The van der Waals surface area contributed by atoms with Crippen molar-refractivity contribution < 1.29 is 22.5 Å². The monoisotopic (exact) mass is 495 g/mol. The van der Waals surface area contributed by atoms with E-state index >= 15 is 0 Å². The number of benzene rings is 1. The predicted molar refractivity (Wildman–Crippen MR) is 123 cm³/mol. The van der Waals surface area contributed by atoms with Gasteiger partial charge in [-0.1, -0.05) is 17.3 Å². The van der Waals surface area contributed by atoms with E-state index in [4.69, 9.17) is 9.26 Å². The Labute approximate surface area is 198 Å². The minimum absolute atomic E-state index is 0.106. The summed E-state index contributed by atoms with van der Waals surface area (Å²) in [7, 11) is -3.59. The number of nitrogens with zero attached hydrogens (tertiary/aromatic N) is 5. The van der Waals surface area contributed by atoms with Crippen molar-refractivity contribution in [3.63, 3.8) is 0 Å². The maximum Gasteiger partial charge on any atom is 0.282 e. The smallest absolute Gasteiger partial charge is 0.282 e. The van der Waals surface area contributed by atoms with E-state index in [2.05, 4.69) is 10.1 Å². The number of carbonyl (C=O) groups is 1. The molecule has 0 spiro atoms. The molecule has 2 atom stereocenters. The van der Waals surface area contributed by atoms with Crippen molar-refractivity contribution >= 4 is 27.9 Å². The molecule has 2 fully saturated rings. The third-order valence-corrected chi connectivity index (χ3v) is 8.63. The summed E-state index contributed by atoms with van der Waals surface area (Å²) >= 11 is 1.46. The first-order chi connectivity index (χ1) is 15.7. The summed E-state index contributed by atoms with van der Waals surface area (Å²) in [5.74, 6) is 1.44. The third kappa shape index (κ3) is 5.57. The van der Waals surface area contributed by atoms with Gasteiger partial charge in [-0.2, -0.15) is 22.0 Å². The molecule has 180 valence electrons. The number of aryl methyl sites for hydroxylation is 1. The van der Waals surface area contributed by atoms with Crippen LogP contribution >= 0.6 is 11.8 Å². The van der Waals surface area contributed by atoms with Crippen LogP contribution in [-0.2, 0) is 20.7 Å². The van der Waals surface area contributed by atoms with E-state index < -0.39 is 10.2 Å². The van der Waals surface area contributed by atoms with Gasteiger partial charge in [0.15, 0.2) is 5.82 Å². The molecule has 0 N–H and O–H groups in total. The fourth-order valence-corrected chi connectivity index (χ4v) is 6.71. The van der Waals surface area contributed by atoms with E-state index in [1.54, 1.807) is 17.9 Å². The molecule has 10 nitrogen and oxygen atoms in total. The Balaban J connectivity index is 1.38. The Morgan fingerprint density at radius 1 is 1.09 bits per heavy atom. The topological polar surface area (TPSA) is 109 Å². The van der Waals surface area contributed by atoms with Gasteiger partial charge in [-0.05, 0) is 32.9 Å². The van der Waals surface area contributed by atoms with Crippen LogP contribution < -0.4 is 0 Å². The fraction of sp³-hybridized carbons (Fsp3) is 0.571. The van der Waals surface area contributed by atoms with Gasteiger partial charge in [0, 0.05) is 44.2 Å². The van der Waals surface area contributed by atoms with Crippen molar-refractivity contribution in [3.8, 4) is 0 Å². The van der Waals surface area contributed by atoms with Crippen LogP contribution in [0.25, 0.3) is 0 Å². The summed E-state index contributed by atoms with van der Waals surface area (Å²) in [5, 5.41) is 3.79.